The monoisotopic (exact) mass is 247 g/mol. The van der Waals surface area contributed by atoms with E-state index in [9.17, 15) is 13.5 Å². The lowest BCUT2D eigenvalue weighted by atomic mass is 10.1. The number of aromatic amines is 1. The van der Waals surface area contributed by atoms with E-state index in [1.54, 1.807) is 20.8 Å². The van der Waals surface area contributed by atoms with Crippen LogP contribution in [0.2, 0.25) is 0 Å². The number of nitrogens with one attached hydrogen (secondary N) is 1. The highest BCUT2D eigenvalue weighted by atomic mass is 32.2. The zero-order valence-corrected chi connectivity index (χ0v) is 10.7. The van der Waals surface area contributed by atoms with Gasteiger partial charge in [-0.2, -0.15) is 9.40 Å². The molecule has 0 aliphatic rings. The van der Waals surface area contributed by atoms with E-state index in [1.165, 1.54) is 13.2 Å². The van der Waals surface area contributed by atoms with Gasteiger partial charge in [-0.25, -0.2) is 8.42 Å². The molecule has 0 aromatic carbocycles. The second-order valence-electron chi connectivity index (χ2n) is 4.43. The van der Waals surface area contributed by atoms with E-state index in [2.05, 4.69) is 10.2 Å². The van der Waals surface area contributed by atoms with Gasteiger partial charge in [-0.05, 0) is 20.8 Å². The SMILES string of the molecule is Cc1[nH]ncc1S(=O)(=O)N(C)CC(C)(C)O. The van der Waals surface area contributed by atoms with Crippen LogP contribution < -0.4 is 0 Å². The first-order valence-electron chi connectivity index (χ1n) is 4.83. The zero-order valence-electron chi connectivity index (χ0n) is 9.85. The average molecular weight is 247 g/mol. The van der Waals surface area contributed by atoms with Crippen LogP contribution >= 0.6 is 0 Å². The molecule has 0 unspecified atom stereocenters. The first-order chi connectivity index (χ1) is 7.14. The van der Waals surface area contributed by atoms with E-state index in [0.717, 1.165) is 4.31 Å². The minimum atomic E-state index is -3.58. The standard InChI is InChI=1S/C9H17N3O3S/c1-7-8(5-10-11-7)16(14,15)12(4)6-9(2,3)13/h5,13H,6H2,1-4H3,(H,10,11). The van der Waals surface area contributed by atoms with Crippen LogP contribution in [0.5, 0.6) is 0 Å². The summed E-state index contributed by atoms with van der Waals surface area (Å²) in [6, 6.07) is 0. The molecule has 7 heteroatoms. The van der Waals surface area contributed by atoms with E-state index in [-0.39, 0.29) is 11.4 Å². The number of likely N-dealkylation sites (N-methyl/N-ethyl adjacent to an activating group) is 1. The third-order valence-corrected chi connectivity index (χ3v) is 4.00. The van der Waals surface area contributed by atoms with Crippen LogP contribution in [0.3, 0.4) is 0 Å². The summed E-state index contributed by atoms with van der Waals surface area (Å²) in [5.74, 6) is 0. The van der Waals surface area contributed by atoms with Crippen molar-refractivity contribution < 1.29 is 13.5 Å². The highest BCUT2D eigenvalue weighted by Gasteiger charge is 2.28. The van der Waals surface area contributed by atoms with Gasteiger partial charge in [-0.15, -0.1) is 0 Å². The number of aromatic nitrogens is 2. The molecule has 1 aromatic heterocycles. The van der Waals surface area contributed by atoms with Crippen molar-refractivity contribution in [1.29, 1.82) is 0 Å². The maximum atomic E-state index is 12.0. The predicted octanol–water partition coefficient (Wildman–Crippen LogP) is 0.110. The van der Waals surface area contributed by atoms with E-state index in [4.69, 9.17) is 0 Å². The zero-order chi connectivity index (χ0) is 12.6. The Bertz CT molecular complexity index is 459. The number of sulfonamides is 1. The van der Waals surface area contributed by atoms with Crippen molar-refractivity contribution in [2.24, 2.45) is 0 Å². The highest BCUT2D eigenvalue weighted by molar-refractivity contribution is 7.89. The summed E-state index contributed by atoms with van der Waals surface area (Å²) < 4.78 is 25.2. The normalized spacial score (nSPS) is 13.4. The molecule has 16 heavy (non-hydrogen) atoms. The van der Waals surface area contributed by atoms with Gasteiger partial charge < -0.3 is 5.11 Å². The Balaban J connectivity index is 3.00. The number of hydrogen-bond donors (Lipinski definition) is 2. The van der Waals surface area contributed by atoms with E-state index in [0.29, 0.717) is 5.69 Å². The molecule has 0 aliphatic heterocycles. The fourth-order valence-corrected chi connectivity index (χ4v) is 2.84. The molecule has 0 atom stereocenters. The number of aryl methyl sites for hydroxylation is 1. The van der Waals surface area contributed by atoms with Gasteiger partial charge in [0.15, 0.2) is 0 Å². The largest absolute Gasteiger partial charge is 0.389 e. The van der Waals surface area contributed by atoms with E-state index in [1.807, 2.05) is 0 Å². The first-order valence-corrected chi connectivity index (χ1v) is 6.27. The maximum absolute atomic E-state index is 12.0. The lowest BCUT2D eigenvalue weighted by Crippen LogP contribution is -2.39. The van der Waals surface area contributed by atoms with Crippen molar-refractivity contribution in [3.05, 3.63) is 11.9 Å². The fraction of sp³-hybridized carbons (Fsp3) is 0.667. The quantitative estimate of drug-likeness (QED) is 0.790. The molecule has 1 rings (SSSR count). The Morgan fingerprint density at radius 3 is 2.50 bits per heavy atom. The molecule has 0 spiro atoms. The summed E-state index contributed by atoms with van der Waals surface area (Å²) >= 11 is 0. The molecule has 2 N–H and O–H groups in total. The van der Waals surface area contributed by atoms with Gasteiger partial charge in [0, 0.05) is 13.6 Å². The van der Waals surface area contributed by atoms with Crippen molar-refractivity contribution in [1.82, 2.24) is 14.5 Å². The van der Waals surface area contributed by atoms with Gasteiger partial charge in [0.25, 0.3) is 0 Å². The third kappa shape index (κ3) is 2.81. The molecule has 92 valence electrons. The minimum absolute atomic E-state index is 0.0277. The van der Waals surface area contributed by atoms with Crippen LogP contribution in [0.4, 0.5) is 0 Å². The van der Waals surface area contributed by atoms with Crippen molar-refractivity contribution in [3.8, 4) is 0 Å². The second kappa shape index (κ2) is 4.15. The van der Waals surface area contributed by atoms with Crippen LogP contribution in [0.1, 0.15) is 19.5 Å². The molecule has 1 heterocycles. The third-order valence-electron chi connectivity index (χ3n) is 2.08. The van der Waals surface area contributed by atoms with Crippen LogP contribution in [-0.2, 0) is 10.0 Å². The summed E-state index contributed by atoms with van der Waals surface area (Å²) in [6.07, 6.45) is 1.27. The molecule has 6 nitrogen and oxygen atoms in total. The Kier molecular flexibility index (Phi) is 3.41. The number of H-pyrrole nitrogens is 1. The summed E-state index contributed by atoms with van der Waals surface area (Å²) in [5, 5.41) is 15.8. The Morgan fingerprint density at radius 1 is 1.56 bits per heavy atom. The summed E-state index contributed by atoms with van der Waals surface area (Å²) in [7, 11) is -2.15. The number of aliphatic hydroxyl groups is 1. The average Bonchev–Trinajstić information content (AvgIpc) is 2.48. The summed E-state index contributed by atoms with van der Waals surface area (Å²) in [5.41, 5.74) is -0.581. The molecule has 0 bridgehead atoms. The maximum Gasteiger partial charge on any atom is 0.246 e. The number of nitrogens with zero attached hydrogens (tertiary/aromatic N) is 2. The molecule has 0 fully saturated rings. The van der Waals surface area contributed by atoms with Crippen molar-refractivity contribution in [2.45, 2.75) is 31.3 Å². The summed E-state index contributed by atoms with van der Waals surface area (Å²) in [6.45, 7) is 4.78. The Hall–Kier alpha value is -0.920. The molecule has 0 saturated heterocycles. The highest BCUT2D eigenvalue weighted by Crippen LogP contribution is 2.18. The van der Waals surface area contributed by atoms with Gasteiger partial charge in [-0.1, -0.05) is 0 Å². The van der Waals surface area contributed by atoms with E-state index < -0.39 is 15.6 Å². The van der Waals surface area contributed by atoms with Crippen LogP contribution in [-0.4, -0.2) is 47.2 Å². The van der Waals surface area contributed by atoms with Crippen molar-refractivity contribution >= 4 is 10.0 Å². The van der Waals surface area contributed by atoms with Crippen molar-refractivity contribution in [2.75, 3.05) is 13.6 Å². The van der Waals surface area contributed by atoms with Gasteiger partial charge in [0.2, 0.25) is 10.0 Å². The molecule has 1 aromatic rings. The Morgan fingerprint density at radius 2 is 2.12 bits per heavy atom. The number of hydrogen-bond acceptors (Lipinski definition) is 4. The lowest BCUT2D eigenvalue weighted by molar-refractivity contribution is 0.0640. The summed E-state index contributed by atoms with van der Waals surface area (Å²) in [4.78, 5) is 0.138. The molecule has 0 aliphatic carbocycles. The molecule has 0 saturated carbocycles. The second-order valence-corrected chi connectivity index (χ2v) is 6.45. The fourth-order valence-electron chi connectivity index (χ4n) is 1.40. The molecular formula is C9H17N3O3S. The van der Waals surface area contributed by atoms with Gasteiger partial charge in [0.05, 0.1) is 17.5 Å². The van der Waals surface area contributed by atoms with Crippen molar-refractivity contribution in [3.63, 3.8) is 0 Å². The lowest BCUT2D eigenvalue weighted by Gasteiger charge is -2.24. The van der Waals surface area contributed by atoms with E-state index >= 15 is 0 Å². The van der Waals surface area contributed by atoms with Gasteiger partial charge >= 0.3 is 0 Å². The van der Waals surface area contributed by atoms with Gasteiger partial charge in [0.1, 0.15) is 4.90 Å². The van der Waals surface area contributed by atoms with Gasteiger partial charge in [-0.3, -0.25) is 5.10 Å². The van der Waals surface area contributed by atoms with Crippen LogP contribution in [0.25, 0.3) is 0 Å². The predicted molar refractivity (Wildman–Crippen MR) is 59.4 cm³/mol. The molecular weight excluding hydrogens is 230 g/mol. The number of rotatable bonds is 4. The molecule has 0 amide bonds. The topological polar surface area (TPSA) is 86.3 Å². The molecule has 0 radical (unpaired) electrons. The minimum Gasteiger partial charge on any atom is -0.389 e. The smallest absolute Gasteiger partial charge is 0.246 e. The first kappa shape index (κ1) is 13.1. The van der Waals surface area contributed by atoms with Crippen LogP contribution in [0, 0.1) is 6.92 Å². The Labute approximate surface area is 95.3 Å². The van der Waals surface area contributed by atoms with Crippen LogP contribution in [0.15, 0.2) is 11.1 Å².